The summed E-state index contributed by atoms with van der Waals surface area (Å²) in [5, 5.41) is 1.85. The molecule has 2 heterocycles. The summed E-state index contributed by atoms with van der Waals surface area (Å²) in [4.78, 5) is 36.6. The van der Waals surface area contributed by atoms with Crippen molar-refractivity contribution in [3.8, 4) is 0 Å². The molecular weight excluding hydrogens is 266 g/mol. The standard InChI is InChI=1S/C12H13N3O3S/c1-14-10(13)9(11(17)15(2)12(14)18)8(16)6-7-4-3-5-19-7/h3-5H,6,13H2,1-2H3. The predicted octanol–water partition coefficient (Wildman–Crippen LogP) is 0.153. The second-order valence-corrected chi connectivity index (χ2v) is 5.18. The maximum absolute atomic E-state index is 12.2. The third-order valence-electron chi connectivity index (χ3n) is 2.90. The van der Waals surface area contributed by atoms with Crippen molar-refractivity contribution >= 4 is 22.9 Å². The molecule has 0 atom stereocenters. The van der Waals surface area contributed by atoms with Crippen LogP contribution in [0.2, 0.25) is 0 Å². The number of hydrogen-bond donors (Lipinski definition) is 1. The maximum atomic E-state index is 12.2. The lowest BCUT2D eigenvalue weighted by atomic mass is 10.1. The van der Waals surface area contributed by atoms with Gasteiger partial charge in [0.1, 0.15) is 11.4 Å². The Balaban J connectivity index is 2.54. The number of carbonyl (C=O) groups excluding carboxylic acids is 1. The predicted molar refractivity (Wildman–Crippen MR) is 73.7 cm³/mol. The van der Waals surface area contributed by atoms with Crippen LogP contribution in [0.5, 0.6) is 0 Å². The van der Waals surface area contributed by atoms with Gasteiger partial charge in [-0.1, -0.05) is 6.07 Å². The summed E-state index contributed by atoms with van der Waals surface area (Å²) < 4.78 is 1.99. The quantitative estimate of drug-likeness (QED) is 0.810. The van der Waals surface area contributed by atoms with Gasteiger partial charge in [0.05, 0.1) is 0 Å². The van der Waals surface area contributed by atoms with E-state index in [9.17, 15) is 14.4 Å². The maximum Gasteiger partial charge on any atom is 0.332 e. The van der Waals surface area contributed by atoms with Crippen molar-refractivity contribution in [2.24, 2.45) is 14.1 Å². The van der Waals surface area contributed by atoms with Gasteiger partial charge in [0, 0.05) is 25.4 Å². The zero-order valence-corrected chi connectivity index (χ0v) is 11.4. The summed E-state index contributed by atoms with van der Waals surface area (Å²) in [7, 11) is 2.76. The summed E-state index contributed by atoms with van der Waals surface area (Å²) in [5.41, 5.74) is 4.39. The highest BCUT2D eigenvalue weighted by Crippen LogP contribution is 2.13. The third-order valence-corrected chi connectivity index (χ3v) is 3.78. The first-order chi connectivity index (χ1) is 8.93. The van der Waals surface area contributed by atoms with Gasteiger partial charge in [0.15, 0.2) is 5.78 Å². The molecule has 2 aromatic heterocycles. The summed E-state index contributed by atoms with van der Waals surface area (Å²) in [6.07, 6.45) is 0.106. The zero-order valence-electron chi connectivity index (χ0n) is 10.5. The van der Waals surface area contributed by atoms with Gasteiger partial charge in [-0.05, 0) is 11.4 Å². The van der Waals surface area contributed by atoms with Crippen molar-refractivity contribution in [2.45, 2.75) is 6.42 Å². The van der Waals surface area contributed by atoms with Crippen LogP contribution in [0.4, 0.5) is 5.82 Å². The molecule has 2 aromatic rings. The fourth-order valence-corrected chi connectivity index (χ4v) is 2.49. The number of anilines is 1. The van der Waals surface area contributed by atoms with E-state index in [1.807, 2.05) is 17.5 Å². The first-order valence-electron chi connectivity index (χ1n) is 5.54. The van der Waals surface area contributed by atoms with Crippen LogP contribution in [-0.4, -0.2) is 14.9 Å². The minimum absolute atomic E-state index is 0.0883. The minimum Gasteiger partial charge on any atom is -0.384 e. The van der Waals surface area contributed by atoms with Gasteiger partial charge in [-0.2, -0.15) is 0 Å². The van der Waals surface area contributed by atoms with Gasteiger partial charge >= 0.3 is 5.69 Å². The van der Waals surface area contributed by atoms with Gasteiger partial charge in [-0.15, -0.1) is 11.3 Å². The highest BCUT2D eigenvalue weighted by atomic mass is 32.1. The lowest BCUT2D eigenvalue weighted by molar-refractivity contribution is 0.0992. The molecule has 0 saturated heterocycles. The monoisotopic (exact) mass is 279 g/mol. The molecule has 0 fully saturated rings. The van der Waals surface area contributed by atoms with Gasteiger partial charge < -0.3 is 5.73 Å². The van der Waals surface area contributed by atoms with Crippen molar-refractivity contribution in [3.05, 3.63) is 48.8 Å². The highest BCUT2D eigenvalue weighted by molar-refractivity contribution is 7.10. The SMILES string of the molecule is Cn1c(N)c(C(=O)Cc2cccs2)c(=O)n(C)c1=O. The normalized spacial score (nSPS) is 10.6. The Labute approximate surface area is 112 Å². The molecule has 2 N–H and O–H groups in total. The van der Waals surface area contributed by atoms with E-state index in [0.717, 1.165) is 14.0 Å². The lowest BCUT2D eigenvalue weighted by Crippen LogP contribution is -2.41. The molecule has 19 heavy (non-hydrogen) atoms. The topological polar surface area (TPSA) is 87.1 Å². The van der Waals surface area contributed by atoms with E-state index in [1.165, 1.54) is 25.4 Å². The number of nitrogens with two attached hydrogens (primary N) is 1. The van der Waals surface area contributed by atoms with Crippen LogP contribution in [0.3, 0.4) is 0 Å². The number of thiophene rings is 1. The molecule has 0 aliphatic rings. The fourth-order valence-electron chi connectivity index (χ4n) is 1.78. The zero-order chi connectivity index (χ0) is 14.2. The molecule has 0 amide bonds. The Morgan fingerprint density at radius 3 is 2.58 bits per heavy atom. The summed E-state index contributed by atoms with van der Waals surface area (Å²) in [6, 6.07) is 3.64. The van der Waals surface area contributed by atoms with Crippen LogP contribution in [0, 0.1) is 0 Å². The number of aromatic nitrogens is 2. The van der Waals surface area contributed by atoms with E-state index in [2.05, 4.69) is 0 Å². The Hall–Kier alpha value is -2.15. The molecule has 0 radical (unpaired) electrons. The first-order valence-corrected chi connectivity index (χ1v) is 6.42. The minimum atomic E-state index is -0.651. The summed E-state index contributed by atoms with van der Waals surface area (Å²) in [5.74, 6) is -0.467. The van der Waals surface area contributed by atoms with Crippen molar-refractivity contribution < 1.29 is 4.79 Å². The fraction of sp³-hybridized carbons (Fsp3) is 0.250. The van der Waals surface area contributed by atoms with Gasteiger partial charge in [0.2, 0.25) is 0 Å². The molecule has 6 nitrogen and oxygen atoms in total. The second kappa shape index (κ2) is 4.85. The second-order valence-electron chi connectivity index (χ2n) is 4.15. The van der Waals surface area contributed by atoms with Crippen molar-refractivity contribution in [2.75, 3.05) is 5.73 Å². The van der Waals surface area contributed by atoms with E-state index in [1.54, 1.807) is 0 Å². The molecule has 0 bridgehead atoms. The number of nitrogen functional groups attached to an aromatic ring is 1. The number of hydrogen-bond acceptors (Lipinski definition) is 5. The van der Waals surface area contributed by atoms with Crippen LogP contribution >= 0.6 is 11.3 Å². The van der Waals surface area contributed by atoms with E-state index in [4.69, 9.17) is 5.73 Å². The van der Waals surface area contributed by atoms with E-state index >= 15 is 0 Å². The van der Waals surface area contributed by atoms with E-state index in [-0.39, 0.29) is 23.6 Å². The molecule has 2 rings (SSSR count). The van der Waals surface area contributed by atoms with Crippen LogP contribution in [0.1, 0.15) is 15.2 Å². The summed E-state index contributed by atoms with van der Waals surface area (Å²) >= 11 is 1.43. The Morgan fingerprint density at radius 2 is 2.00 bits per heavy atom. The summed E-state index contributed by atoms with van der Waals surface area (Å²) in [6.45, 7) is 0. The number of nitrogens with zero attached hydrogens (tertiary/aromatic N) is 2. The molecular formula is C12H13N3O3S. The van der Waals surface area contributed by atoms with Crippen LogP contribution in [0.25, 0.3) is 0 Å². The number of Topliss-reactive ketones (excluding diaryl/α,β-unsaturated/α-hetero) is 1. The molecule has 0 aliphatic heterocycles. The average molecular weight is 279 g/mol. The van der Waals surface area contributed by atoms with Gasteiger partial charge in [-0.25, -0.2) is 4.79 Å². The molecule has 100 valence electrons. The third kappa shape index (κ3) is 2.24. The Morgan fingerprint density at radius 1 is 1.32 bits per heavy atom. The average Bonchev–Trinajstić information content (AvgIpc) is 2.87. The Kier molecular flexibility index (Phi) is 3.39. The van der Waals surface area contributed by atoms with Crippen molar-refractivity contribution in [3.63, 3.8) is 0 Å². The van der Waals surface area contributed by atoms with Gasteiger partial charge in [0.25, 0.3) is 5.56 Å². The van der Waals surface area contributed by atoms with Crippen molar-refractivity contribution in [1.29, 1.82) is 0 Å². The molecule has 0 aromatic carbocycles. The molecule has 7 heteroatoms. The lowest BCUT2D eigenvalue weighted by Gasteiger charge is -2.10. The van der Waals surface area contributed by atoms with E-state index < -0.39 is 11.2 Å². The van der Waals surface area contributed by atoms with Crippen LogP contribution < -0.4 is 17.0 Å². The van der Waals surface area contributed by atoms with Crippen LogP contribution in [-0.2, 0) is 20.5 Å². The Bertz CT molecular complexity index is 741. The van der Waals surface area contributed by atoms with Gasteiger partial charge in [-0.3, -0.25) is 18.7 Å². The first kappa shape index (κ1) is 13.3. The van der Waals surface area contributed by atoms with Crippen molar-refractivity contribution in [1.82, 2.24) is 9.13 Å². The number of rotatable bonds is 3. The smallest absolute Gasteiger partial charge is 0.332 e. The highest BCUT2D eigenvalue weighted by Gasteiger charge is 2.20. The number of carbonyl (C=O) groups is 1. The number of ketones is 1. The molecule has 0 saturated carbocycles. The molecule has 0 spiro atoms. The molecule has 0 unspecified atom stereocenters. The molecule has 0 aliphatic carbocycles. The van der Waals surface area contributed by atoms with E-state index in [0.29, 0.717) is 0 Å². The van der Waals surface area contributed by atoms with Crippen LogP contribution in [0.15, 0.2) is 27.1 Å². The largest absolute Gasteiger partial charge is 0.384 e.